The van der Waals surface area contributed by atoms with Crippen molar-refractivity contribution >= 4 is 17.2 Å². The maximum absolute atomic E-state index is 11.8. The van der Waals surface area contributed by atoms with Gasteiger partial charge >= 0.3 is 0 Å². The summed E-state index contributed by atoms with van der Waals surface area (Å²) < 4.78 is 0. The quantitative estimate of drug-likeness (QED) is 0.724. The minimum atomic E-state index is -0.507. The van der Waals surface area contributed by atoms with Crippen LogP contribution in [0.5, 0.6) is 0 Å². The number of nitrogens with one attached hydrogen (secondary N) is 1. The molecule has 0 aliphatic rings. The van der Waals surface area contributed by atoms with Crippen LogP contribution < -0.4 is 11.1 Å². The van der Waals surface area contributed by atoms with Crippen LogP contribution in [0.3, 0.4) is 0 Å². The van der Waals surface area contributed by atoms with Gasteiger partial charge in [-0.3, -0.25) is 10.1 Å². The van der Waals surface area contributed by atoms with E-state index in [1.807, 2.05) is 67.6 Å². The highest BCUT2D eigenvalue weighted by molar-refractivity contribution is 7.15. The lowest BCUT2D eigenvalue weighted by Gasteiger charge is -2.15. The lowest BCUT2D eigenvalue weighted by atomic mass is 10.1. The van der Waals surface area contributed by atoms with Gasteiger partial charge in [-0.2, -0.15) is 0 Å². The Morgan fingerprint density at radius 3 is 2.38 bits per heavy atom. The van der Waals surface area contributed by atoms with Crippen molar-refractivity contribution in [2.24, 2.45) is 5.73 Å². The van der Waals surface area contributed by atoms with Gasteiger partial charge in [0.25, 0.3) is 0 Å². The van der Waals surface area contributed by atoms with E-state index in [-0.39, 0.29) is 5.91 Å². The largest absolute Gasteiger partial charge is 0.368 e. The molecule has 1 amide bonds. The molecule has 0 fully saturated rings. The summed E-state index contributed by atoms with van der Waals surface area (Å²) in [5.74, 6) is -0.383. The zero-order chi connectivity index (χ0) is 16.9. The molecule has 0 bridgehead atoms. The Hall–Kier alpha value is -2.50. The van der Waals surface area contributed by atoms with Crippen LogP contribution in [-0.2, 0) is 11.3 Å². The van der Waals surface area contributed by atoms with Crippen molar-refractivity contribution < 1.29 is 4.79 Å². The molecule has 3 aromatic rings. The molecule has 0 radical (unpaired) electrons. The lowest BCUT2D eigenvalue weighted by Crippen LogP contribution is -2.33. The normalized spacial score (nSPS) is 12.0. The van der Waals surface area contributed by atoms with E-state index in [0.717, 1.165) is 26.7 Å². The van der Waals surface area contributed by atoms with Gasteiger partial charge in [-0.15, -0.1) is 11.3 Å². The Balaban J connectivity index is 1.76. The summed E-state index contributed by atoms with van der Waals surface area (Å²) in [6, 6.07) is 19.1. The fraction of sp³-hybridized carbons (Fsp3) is 0.158. The molecular weight excluding hydrogens is 318 g/mol. The zero-order valence-electron chi connectivity index (χ0n) is 13.4. The van der Waals surface area contributed by atoms with Crippen molar-refractivity contribution in [1.29, 1.82) is 0 Å². The first kappa shape index (κ1) is 16.4. The van der Waals surface area contributed by atoms with E-state index in [1.165, 1.54) is 0 Å². The minimum Gasteiger partial charge on any atom is -0.368 e. The molecule has 2 aromatic carbocycles. The number of primary amides is 1. The molecule has 3 N–H and O–H groups in total. The Bertz CT molecular complexity index is 815. The van der Waals surface area contributed by atoms with E-state index >= 15 is 0 Å². The average molecular weight is 337 g/mol. The Labute approximate surface area is 145 Å². The van der Waals surface area contributed by atoms with Crippen molar-refractivity contribution in [2.75, 3.05) is 0 Å². The maximum atomic E-state index is 11.8. The highest BCUT2D eigenvalue weighted by Gasteiger charge is 2.18. The van der Waals surface area contributed by atoms with Gasteiger partial charge in [-0.05, 0) is 12.5 Å². The standard InChI is InChI=1S/C19H19N3OS/c1-13-16(24-19(22-13)15-10-6-3-7-11-15)12-21-17(18(20)23)14-8-4-2-5-9-14/h2-11,17,21H,12H2,1H3,(H2,20,23)/t17-/m0/s1. The summed E-state index contributed by atoms with van der Waals surface area (Å²) in [6.45, 7) is 2.54. The molecule has 122 valence electrons. The molecule has 3 rings (SSSR count). The predicted molar refractivity (Wildman–Crippen MR) is 97.5 cm³/mol. The third-order valence-corrected chi connectivity index (χ3v) is 5.00. The first-order valence-electron chi connectivity index (χ1n) is 7.74. The van der Waals surface area contributed by atoms with E-state index < -0.39 is 6.04 Å². The molecule has 1 heterocycles. The number of thiazole rings is 1. The molecule has 0 aliphatic carbocycles. The Morgan fingerprint density at radius 2 is 1.75 bits per heavy atom. The molecule has 0 spiro atoms. The fourth-order valence-electron chi connectivity index (χ4n) is 2.52. The number of rotatable bonds is 6. The molecular formula is C19H19N3OS. The summed E-state index contributed by atoms with van der Waals surface area (Å²) in [7, 11) is 0. The van der Waals surface area contributed by atoms with Crippen molar-refractivity contribution in [2.45, 2.75) is 19.5 Å². The molecule has 1 aromatic heterocycles. The van der Waals surface area contributed by atoms with Gasteiger partial charge < -0.3 is 5.73 Å². The van der Waals surface area contributed by atoms with Gasteiger partial charge in [0.15, 0.2) is 0 Å². The van der Waals surface area contributed by atoms with E-state index in [9.17, 15) is 4.79 Å². The first-order valence-corrected chi connectivity index (χ1v) is 8.56. The number of carbonyl (C=O) groups is 1. The van der Waals surface area contributed by atoms with Gasteiger partial charge in [0.2, 0.25) is 5.91 Å². The summed E-state index contributed by atoms with van der Waals surface area (Å²) in [5, 5.41) is 4.24. The second-order valence-electron chi connectivity index (χ2n) is 5.52. The van der Waals surface area contributed by atoms with Crippen molar-refractivity contribution in [3.8, 4) is 10.6 Å². The van der Waals surface area contributed by atoms with Crippen LogP contribution in [0, 0.1) is 6.92 Å². The van der Waals surface area contributed by atoms with Crippen molar-refractivity contribution in [1.82, 2.24) is 10.3 Å². The number of aromatic nitrogens is 1. The fourth-order valence-corrected chi connectivity index (χ4v) is 3.54. The molecule has 5 heteroatoms. The number of nitrogens with zero attached hydrogens (tertiary/aromatic N) is 1. The van der Waals surface area contributed by atoms with E-state index in [4.69, 9.17) is 5.73 Å². The summed E-state index contributed by atoms with van der Waals surface area (Å²) in [5.41, 5.74) is 8.50. The van der Waals surface area contributed by atoms with Gasteiger partial charge in [-0.1, -0.05) is 60.7 Å². The summed E-state index contributed by atoms with van der Waals surface area (Å²) >= 11 is 1.64. The molecule has 24 heavy (non-hydrogen) atoms. The van der Waals surface area contributed by atoms with Crippen LogP contribution in [0.2, 0.25) is 0 Å². The van der Waals surface area contributed by atoms with Gasteiger partial charge in [0.1, 0.15) is 11.0 Å². The number of carbonyl (C=O) groups excluding carboxylic acids is 1. The summed E-state index contributed by atoms with van der Waals surface area (Å²) in [4.78, 5) is 17.5. The SMILES string of the molecule is Cc1nc(-c2ccccc2)sc1CN[C@H](C(N)=O)c1ccccc1. The van der Waals surface area contributed by atoms with Crippen LogP contribution in [0.4, 0.5) is 0 Å². The van der Waals surface area contributed by atoms with E-state index in [1.54, 1.807) is 11.3 Å². The molecule has 0 saturated carbocycles. The Morgan fingerprint density at radius 1 is 1.12 bits per heavy atom. The zero-order valence-corrected chi connectivity index (χ0v) is 14.2. The molecule has 0 unspecified atom stereocenters. The lowest BCUT2D eigenvalue weighted by molar-refractivity contribution is -0.120. The number of nitrogens with two attached hydrogens (primary N) is 1. The predicted octanol–water partition coefficient (Wildman–Crippen LogP) is 3.43. The van der Waals surface area contributed by atoms with Gasteiger partial charge in [-0.25, -0.2) is 4.98 Å². The van der Waals surface area contributed by atoms with E-state index in [2.05, 4.69) is 10.3 Å². The monoisotopic (exact) mass is 337 g/mol. The number of aryl methyl sites for hydroxylation is 1. The molecule has 0 aliphatic heterocycles. The smallest absolute Gasteiger partial charge is 0.239 e. The maximum Gasteiger partial charge on any atom is 0.239 e. The van der Waals surface area contributed by atoms with Crippen LogP contribution in [-0.4, -0.2) is 10.9 Å². The van der Waals surface area contributed by atoms with Crippen LogP contribution in [0.15, 0.2) is 60.7 Å². The number of amides is 1. The second kappa shape index (κ2) is 7.38. The molecule has 4 nitrogen and oxygen atoms in total. The Kier molecular flexibility index (Phi) is 5.03. The average Bonchev–Trinajstić information content (AvgIpc) is 2.98. The minimum absolute atomic E-state index is 0.383. The highest BCUT2D eigenvalue weighted by atomic mass is 32.1. The van der Waals surface area contributed by atoms with Crippen LogP contribution in [0.1, 0.15) is 22.2 Å². The molecule has 1 atom stereocenters. The summed E-state index contributed by atoms with van der Waals surface area (Å²) in [6.07, 6.45) is 0. The first-order chi connectivity index (χ1) is 11.6. The van der Waals surface area contributed by atoms with Gasteiger partial charge in [0, 0.05) is 17.0 Å². The van der Waals surface area contributed by atoms with Gasteiger partial charge in [0.05, 0.1) is 5.69 Å². The number of benzene rings is 2. The number of hydrogen-bond donors (Lipinski definition) is 2. The van der Waals surface area contributed by atoms with Crippen LogP contribution >= 0.6 is 11.3 Å². The number of hydrogen-bond acceptors (Lipinski definition) is 4. The third-order valence-electron chi connectivity index (χ3n) is 3.80. The van der Waals surface area contributed by atoms with Crippen molar-refractivity contribution in [3.05, 3.63) is 76.8 Å². The van der Waals surface area contributed by atoms with E-state index in [0.29, 0.717) is 6.54 Å². The second-order valence-corrected chi connectivity index (χ2v) is 6.60. The molecule has 0 saturated heterocycles. The third kappa shape index (κ3) is 3.69. The highest BCUT2D eigenvalue weighted by Crippen LogP contribution is 2.28. The van der Waals surface area contributed by atoms with Crippen LogP contribution in [0.25, 0.3) is 10.6 Å². The topological polar surface area (TPSA) is 68.0 Å². The van der Waals surface area contributed by atoms with Crippen molar-refractivity contribution in [3.63, 3.8) is 0 Å².